The molecule has 23 heavy (non-hydrogen) atoms. The fourth-order valence-electron chi connectivity index (χ4n) is 2.28. The van der Waals surface area contributed by atoms with E-state index in [0.29, 0.717) is 10.0 Å². The molecule has 0 aromatic heterocycles. The number of aliphatic imine (C=N–C) groups is 1. The third kappa shape index (κ3) is 3.71. The summed E-state index contributed by atoms with van der Waals surface area (Å²) in [6, 6.07) is 11.7. The Labute approximate surface area is 149 Å². The van der Waals surface area contributed by atoms with Crippen molar-refractivity contribution in [1.29, 1.82) is 0 Å². The Morgan fingerprint density at radius 3 is 2.43 bits per heavy atom. The zero-order valence-electron chi connectivity index (χ0n) is 12.7. The molecule has 0 radical (unpaired) electrons. The van der Waals surface area contributed by atoms with Gasteiger partial charge < -0.3 is 0 Å². The topological polar surface area (TPSA) is 36.8 Å². The summed E-state index contributed by atoms with van der Waals surface area (Å²) < 4.78 is 0. The minimum Gasteiger partial charge on any atom is -0.255 e. The molecule has 0 saturated carbocycles. The normalized spacial score (nSPS) is 16.2. The third-order valence-electron chi connectivity index (χ3n) is 3.54. The lowest BCUT2D eigenvalue weighted by Gasteiger charge is -2.16. The molecule has 118 valence electrons. The molecule has 0 fully saturated rings. The smallest absolute Gasteiger partial charge is 0.182 e. The molecule has 3 nitrogen and oxygen atoms in total. The fraction of sp³-hybridized carbons (Fsp3) is 0.176. The molecule has 0 unspecified atom stereocenters. The highest BCUT2D eigenvalue weighted by molar-refractivity contribution is 8.14. The predicted molar refractivity (Wildman–Crippen MR) is 102 cm³/mol. The van der Waals surface area contributed by atoms with Crippen LogP contribution in [0.4, 0.5) is 5.69 Å². The number of nitrogens with one attached hydrogen (secondary N) is 1. The van der Waals surface area contributed by atoms with Crippen LogP contribution in [0, 0.1) is 13.8 Å². The number of rotatable bonds is 2. The average molecular weight is 364 g/mol. The van der Waals surface area contributed by atoms with E-state index >= 15 is 0 Å². The Hall–Kier alpha value is -1.49. The maximum absolute atomic E-state index is 6.07. The molecular weight excluding hydrogens is 349 g/mol. The first-order chi connectivity index (χ1) is 11.0. The number of thioether (sulfide) groups is 1. The van der Waals surface area contributed by atoms with E-state index < -0.39 is 0 Å². The monoisotopic (exact) mass is 363 g/mol. The SMILES string of the molecule is Cc1cccc(C)c1N=C1NN=C(c2ccc(Cl)c(Cl)c2)CS1. The van der Waals surface area contributed by atoms with Gasteiger partial charge >= 0.3 is 0 Å². The number of hydrogen-bond acceptors (Lipinski definition) is 3. The van der Waals surface area contributed by atoms with Crippen LogP contribution in [0.25, 0.3) is 0 Å². The summed E-state index contributed by atoms with van der Waals surface area (Å²) in [6.45, 7) is 4.12. The number of benzene rings is 2. The molecule has 0 aliphatic carbocycles. The first-order valence-electron chi connectivity index (χ1n) is 7.10. The van der Waals surface area contributed by atoms with Crippen LogP contribution in [0.15, 0.2) is 46.5 Å². The van der Waals surface area contributed by atoms with Gasteiger partial charge in [0.15, 0.2) is 5.17 Å². The first kappa shape index (κ1) is 16.4. The van der Waals surface area contributed by atoms with Crippen molar-refractivity contribution in [2.75, 3.05) is 5.75 Å². The van der Waals surface area contributed by atoms with E-state index in [2.05, 4.69) is 36.5 Å². The Morgan fingerprint density at radius 1 is 1.09 bits per heavy atom. The van der Waals surface area contributed by atoms with Gasteiger partial charge in [-0.3, -0.25) is 5.43 Å². The number of hydrogen-bond donors (Lipinski definition) is 1. The summed E-state index contributed by atoms with van der Waals surface area (Å²) in [6.07, 6.45) is 0. The zero-order valence-corrected chi connectivity index (χ0v) is 15.1. The minimum atomic E-state index is 0.534. The van der Waals surface area contributed by atoms with Gasteiger partial charge in [-0.2, -0.15) is 5.10 Å². The van der Waals surface area contributed by atoms with Crippen molar-refractivity contribution in [2.24, 2.45) is 10.1 Å². The summed E-state index contributed by atoms with van der Waals surface area (Å²) in [4.78, 5) is 4.69. The van der Waals surface area contributed by atoms with Crippen molar-refractivity contribution in [3.05, 3.63) is 63.1 Å². The van der Waals surface area contributed by atoms with E-state index in [1.165, 1.54) is 0 Å². The molecule has 1 aliphatic heterocycles. The molecule has 0 saturated heterocycles. The summed E-state index contributed by atoms with van der Waals surface area (Å²) in [5, 5.41) is 6.30. The van der Waals surface area contributed by atoms with Crippen molar-refractivity contribution in [3.63, 3.8) is 0 Å². The quantitative estimate of drug-likeness (QED) is 0.781. The van der Waals surface area contributed by atoms with Crippen molar-refractivity contribution in [1.82, 2.24) is 5.43 Å². The van der Waals surface area contributed by atoms with Crippen molar-refractivity contribution < 1.29 is 0 Å². The van der Waals surface area contributed by atoms with Gasteiger partial charge in [0.2, 0.25) is 0 Å². The molecule has 6 heteroatoms. The highest BCUT2D eigenvalue weighted by Crippen LogP contribution is 2.27. The Kier molecular flexibility index (Phi) is 4.95. The molecule has 0 amide bonds. The number of nitrogens with zero attached hydrogens (tertiary/aromatic N) is 2. The van der Waals surface area contributed by atoms with Crippen LogP contribution in [0.5, 0.6) is 0 Å². The second-order valence-corrected chi connectivity index (χ2v) is 7.02. The second-order valence-electron chi connectivity index (χ2n) is 5.25. The van der Waals surface area contributed by atoms with Crippen LogP contribution < -0.4 is 5.43 Å². The van der Waals surface area contributed by atoms with E-state index in [1.807, 2.05) is 18.2 Å². The predicted octanol–water partition coefficient (Wildman–Crippen LogP) is 5.34. The Bertz CT molecular complexity index is 795. The summed E-state index contributed by atoms with van der Waals surface area (Å²) in [5.74, 6) is 0.731. The van der Waals surface area contributed by atoms with Gasteiger partial charge in [-0.15, -0.1) is 0 Å². The molecule has 0 atom stereocenters. The lowest BCUT2D eigenvalue weighted by Crippen LogP contribution is -2.25. The van der Waals surface area contributed by atoms with Crippen LogP contribution in [0.2, 0.25) is 10.0 Å². The number of hydrazone groups is 1. The van der Waals surface area contributed by atoms with Crippen molar-refractivity contribution in [3.8, 4) is 0 Å². The lowest BCUT2D eigenvalue weighted by atomic mass is 10.1. The van der Waals surface area contributed by atoms with E-state index in [1.54, 1.807) is 17.8 Å². The van der Waals surface area contributed by atoms with E-state index in [-0.39, 0.29) is 0 Å². The zero-order chi connectivity index (χ0) is 16.4. The molecule has 1 heterocycles. The van der Waals surface area contributed by atoms with Crippen LogP contribution >= 0.6 is 35.0 Å². The number of aryl methyl sites for hydroxylation is 2. The maximum Gasteiger partial charge on any atom is 0.182 e. The van der Waals surface area contributed by atoms with Crippen LogP contribution in [-0.4, -0.2) is 16.6 Å². The highest BCUT2D eigenvalue weighted by atomic mass is 35.5. The number of para-hydroxylation sites is 1. The van der Waals surface area contributed by atoms with Crippen LogP contribution in [0.3, 0.4) is 0 Å². The molecule has 3 rings (SSSR count). The summed E-state index contributed by atoms with van der Waals surface area (Å²) in [7, 11) is 0. The molecular formula is C17H15Cl2N3S. The van der Waals surface area contributed by atoms with Crippen LogP contribution in [-0.2, 0) is 0 Å². The fourth-order valence-corrected chi connectivity index (χ4v) is 3.35. The average Bonchev–Trinajstić information content (AvgIpc) is 2.54. The van der Waals surface area contributed by atoms with Gasteiger partial charge in [0.1, 0.15) is 0 Å². The summed E-state index contributed by atoms with van der Waals surface area (Å²) >= 11 is 13.6. The largest absolute Gasteiger partial charge is 0.255 e. The second kappa shape index (κ2) is 6.95. The standard InChI is InChI=1S/C17H15Cl2N3S/c1-10-4-3-5-11(2)16(10)20-17-22-21-15(9-23-17)12-6-7-13(18)14(19)8-12/h3-8H,9H2,1-2H3,(H,20,22). The number of amidine groups is 1. The number of halogens is 2. The Balaban J connectivity index is 1.83. The van der Waals surface area contributed by atoms with Gasteiger partial charge in [0, 0.05) is 11.3 Å². The first-order valence-corrected chi connectivity index (χ1v) is 8.84. The van der Waals surface area contributed by atoms with Crippen molar-refractivity contribution >= 4 is 51.5 Å². The van der Waals surface area contributed by atoms with E-state index in [0.717, 1.165) is 39.0 Å². The van der Waals surface area contributed by atoms with Gasteiger partial charge in [-0.25, -0.2) is 4.99 Å². The summed E-state index contributed by atoms with van der Waals surface area (Å²) in [5.41, 5.74) is 8.22. The molecule has 1 N–H and O–H groups in total. The van der Waals surface area contributed by atoms with Crippen molar-refractivity contribution in [2.45, 2.75) is 13.8 Å². The third-order valence-corrected chi connectivity index (χ3v) is 5.15. The molecule has 1 aliphatic rings. The van der Waals surface area contributed by atoms with E-state index in [4.69, 9.17) is 28.2 Å². The molecule has 2 aromatic carbocycles. The van der Waals surface area contributed by atoms with Gasteiger partial charge in [-0.1, -0.05) is 59.2 Å². The lowest BCUT2D eigenvalue weighted by molar-refractivity contribution is 1.03. The molecule has 0 bridgehead atoms. The molecule has 0 spiro atoms. The highest BCUT2D eigenvalue weighted by Gasteiger charge is 2.15. The molecule has 2 aromatic rings. The Morgan fingerprint density at radius 2 is 1.83 bits per heavy atom. The minimum absolute atomic E-state index is 0.534. The van der Waals surface area contributed by atoms with Gasteiger partial charge in [0.25, 0.3) is 0 Å². The van der Waals surface area contributed by atoms with Gasteiger partial charge in [-0.05, 0) is 37.1 Å². The van der Waals surface area contributed by atoms with Gasteiger partial charge in [0.05, 0.1) is 21.4 Å². The maximum atomic E-state index is 6.07. The van der Waals surface area contributed by atoms with Crippen LogP contribution in [0.1, 0.15) is 16.7 Å². The van der Waals surface area contributed by atoms with E-state index in [9.17, 15) is 0 Å².